The minimum atomic E-state index is -0.263. The molecule has 7 aliphatic carbocycles. The van der Waals surface area contributed by atoms with E-state index in [2.05, 4.69) is 13.8 Å². The van der Waals surface area contributed by atoms with E-state index in [-0.39, 0.29) is 5.60 Å². The molecule has 0 saturated heterocycles. The normalized spacial score (nSPS) is 74.6. The first-order valence-electron chi connectivity index (χ1n) is 7.67. The fraction of sp³-hybridized carbons (Fsp3) is 1.00. The van der Waals surface area contributed by atoms with Crippen LogP contribution in [-0.2, 0) is 0 Å². The van der Waals surface area contributed by atoms with E-state index in [1.807, 2.05) is 0 Å². The van der Waals surface area contributed by atoms with Gasteiger partial charge in [0.2, 0.25) is 0 Å². The SMILES string of the molecule is CC12CC3CC4C1CC1(O)CC2C(C3)C4(C)C1. The molecule has 0 radical (unpaired) electrons. The van der Waals surface area contributed by atoms with E-state index in [0.717, 1.165) is 48.9 Å². The minimum absolute atomic E-state index is 0.263. The van der Waals surface area contributed by atoms with Crippen molar-refractivity contribution in [1.29, 1.82) is 0 Å². The molecular weight excluding hydrogens is 208 g/mol. The quantitative estimate of drug-likeness (QED) is 0.680. The highest BCUT2D eigenvalue weighted by atomic mass is 16.3. The van der Waals surface area contributed by atoms with Gasteiger partial charge in [-0.1, -0.05) is 13.8 Å². The predicted octanol–water partition coefficient (Wildman–Crippen LogP) is 3.22. The molecule has 1 nitrogen and oxygen atoms in total. The van der Waals surface area contributed by atoms with Crippen molar-refractivity contribution in [1.82, 2.24) is 0 Å². The van der Waals surface area contributed by atoms with Crippen LogP contribution in [0.3, 0.4) is 0 Å². The second-order valence-electron chi connectivity index (χ2n) is 8.79. The van der Waals surface area contributed by atoms with Crippen molar-refractivity contribution < 1.29 is 5.11 Å². The molecule has 7 saturated carbocycles. The Labute approximate surface area is 104 Å². The highest BCUT2D eigenvalue weighted by Crippen LogP contribution is 2.80. The zero-order valence-corrected chi connectivity index (χ0v) is 11.1. The highest BCUT2D eigenvalue weighted by molar-refractivity contribution is 5.24. The molecule has 0 aromatic heterocycles. The number of aliphatic hydroxyl groups is 1. The summed E-state index contributed by atoms with van der Waals surface area (Å²) < 4.78 is 0. The third kappa shape index (κ3) is 0.837. The van der Waals surface area contributed by atoms with E-state index in [1.165, 1.54) is 19.3 Å². The molecule has 0 heterocycles. The summed E-state index contributed by atoms with van der Waals surface area (Å²) in [7, 11) is 0. The van der Waals surface area contributed by atoms with Crippen molar-refractivity contribution in [2.75, 3.05) is 0 Å². The van der Waals surface area contributed by atoms with Crippen LogP contribution in [0.15, 0.2) is 0 Å². The lowest BCUT2D eigenvalue weighted by molar-refractivity contribution is -0.323. The van der Waals surface area contributed by atoms with E-state index in [4.69, 9.17) is 0 Å². The first-order valence-corrected chi connectivity index (χ1v) is 7.67. The van der Waals surface area contributed by atoms with Crippen LogP contribution in [0.1, 0.15) is 52.4 Å². The monoisotopic (exact) mass is 232 g/mol. The fourth-order valence-electron chi connectivity index (χ4n) is 7.93. The summed E-state index contributed by atoms with van der Waals surface area (Å²) in [5.41, 5.74) is 0.862. The van der Waals surface area contributed by atoms with Gasteiger partial charge in [-0.3, -0.25) is 0 Å². The summed E-state index contributed by atoms with van der Waals surface area (Å²) in [5.74, 6) is 4.68. The molecule has 94 valence electrons. The lowest BCUT2D eigenvalue weighted by Gasteiger charge is -2.79. The van der Waals surface area contributed by atoms with Gasteiger partial charge in [-0.25, -0.2) is 0 Å². The van der Waals surface area contributed by atoms with Crippen LogP contribution in [0.25, 0.3) is 0 Å². The summed E-state index contributed by atoms with van der Waals surface area (Å²) in [6.45, 7) is 5.12. The van der Waals surface area contributed by atoms with Crippen LogP contribution in [0.5, 0.6) is 0 Å². The minimum Gasteiger partial charge on any atom is -0.390 e. The van der Waals surface area contributed by atoms with Crippen LogP contribution in [0.4, 0.5) is 0 Å². The molecule has 1 heteroatoms. The molecule has 7 fully saturated rings. The smallest absolute Gasteiger partial charge is 0.0659 e. The summed E-state index contributed by atoms with van der Waals surface area (Å²) in [6, 6.07) is 0. The second kappa shape index (κ2) is 2.35. The Morgan fingerprint density at radius 2 is 1.41 bits per heavy atom. The number of hydrogen-bond acceptors (Lipinski definition) is 1. The maximum absolute atomic E-state index is 10.9. The van der Waals surface area contributed by atoms with Gasteiger partial charge >= 0.3 is 0 Å². The standard InChI is InChI=1S/C16H24O/c1-14-5-9-3-10-12(14)6-16(17)7-13(14)11(4-9)15(10,2)8-16/h9-13,17H,3-8H2,1-2H3. The molecule has 0 spiro atoms. The van der Waals surface area contributed by atoms with E-state index >= 15 is 0 Å². The van der Waals surface area contributed by atoms with Crippen molar-refractivity contribution in [3.05, 3.63) is 0 Å². The van der Waals surface area contributed by atoms with Crippen LogP contribution in [0.2, 0.25) is 0 Å². The number of rotatable bonds is 0. The van der Waals surface area contributed by atoms with Gasteiger partial charge in [0.25, 0.3) is 0 Å². The number of hydrogen-bond donors (Lipinski definition) is 1. The Morgan fingerprint density at radius 1 is 0.824 bits per heavy atom. The van der Waals surface area contributed by atoms with Gasteiger partial charge in [0.15, 0.2) is 0 Å². The van der Waals surface area contributed by atoms with Crippen molar-refractivity contribution in [3.8, 4) is 0 Å². The maximum atomic E-state index is 10.9. The molecule has 7 aliphatic rings. The Kier molecular flexibility index (Phi) is 1.36. The molecule has 8 bridgehead atoms. The van der Waals surface area contributed by atoms with Gasteiger partial charge in [0, 0.05) is 0 Å². The van der Waals surface area contributed by atoms with Gasteiger partial charge in [-0.05, 0) is 78.9 Å². The summed E-state index contributed by atoms with van der Waals surface area (Å²) in [5, 5.41) is 10.9. The summed E-state index contributed by atoms with van der Waals surface area (Å²) >= 11 is 0. The topological polar surface area (TPSA) is 20.2 Å². The van der Waals surface area contributed by atoms with E-state index in [0.29, 0.717) is 10.8 Å². The molecule has 0 amide bonds. The Hall–Kier alpha value is -0.0400. The molecular formula is C16H24O. The van der Waals surface area contributed by atoms with Crippen molar-refractivity contribution in [2.24, 2.45) is 40.4 Å². The third-order valence-electron chi connectivity index (χ3n) is 8.17. The maximum Gasteiger partial charge on any atom is 0.0659 e. The van der Waals surface area contributed by atoms with Gasteiger partial charge in [0.05, 0.1) is 5.60 Å². The molecule has 0 aliphatic heterocycles. The Bertz CT molecular complexity index is 388. The molecule has 4 unspecified atom stereocenters. The van der Waals surface area contributed by atoms with Gasteiger partial charge in [0.1, 0.15) is 0 Å². The highest BCUT2D eigenvalue weighted by Gasteiger charge is 2.75. The van der Waals surface area contributed by atoms with E-state index in [9.17, 15) is 5.11 Å². The lowest BCUT2D eigenvalue weighted by Crippen LogP contribution is -2.74. The second-order valence-corrected chi connectivity index (χ2v) is 8.79. The average molecular weight is 232 g/mol. The fourth-order valence-corrected chi connectivity index (χ4v) is 7.93. The van der Waals surface area contributed by atoms with Gasteiger partial charge in [-0.15, -0.1) is 0 Å². The third-order valence-corrected chi connectivity index (χ3v) is 8.17. The van der Waals surface area contributed by atoms with Crippen molar-refractivity contribution >= 4 is 0 Å². The van der Waals surface area contributed by atoms with Crippen molar-refractivity contribution in [2.45, 2.75) is 58.0 Å². The molecule has 1 N–H and O–H groups in total. The van der Waals surface area contributed by atoms with E-state index < -0.39 is 0 Å². The van der Waals surface area contributed by atoms with Gasteiger partial charge < -0.3 is 5.11 Å². The average Bonchev–Trinajstić information content (AvgIpc) is 2.24. The first kappa shape index (κ1) is 9.83. The van der Waals surface area contributed by atoms with Crippen LogP contribution in [0, 0.1) is 40.4 Å². The molecule has 0 aromatic rings. The molecule has 17 heavy (non-hydrogen) atoms. The first-order chi connectivity index (χ1) is 7.95. The summed E-state index contributed by atoms with van der Waals surface area (Å²) in [6.07, 6.45) is 7.89. The molecule has 7 rings (SSSR count). The van der Waals surface area contributed by atoms with Gasteiger partial charge in [-0.2, -0.15) is 0 Å². The molecule has 0 aromatic carbocycles. The van der Waals surface area contributed by atoms with Crippen LogP contribution >= 0.6 is 0 Å². The lowest BCUT2D eigenvalue weighted by atomic mass is 9.27. The Balaban J connectivity index is 1.76. The Morgan fingerprint density at radius 3 is 2.00 bits per heavy atom. The van der Waals surface area contributed by atoms with Crippen LogP contribution in [-0.4, -0.2) is 10.7 Å². The van der Waals surface area contributed by atoms with E-state index in [1.54, 1.807) is 0 Å². The summed E-state index contributed by atoms with van der Waals surface area (Å²) in [4.78, 5) is 0. The van der Waals surface area contributed by atoms with Crippen molar-refractivity contribution in [3.63, 3.8) is 0 Å². The van der Waals surface area contributed by atoms with Crippen LogP contribution < -0.4 is 0 Å². The molecule has 4 atom stereocenters. The zero-order chi connectivity index (χ0) is 11.6. The zero-order valence-electron chi connectivity index (χ0n) is 11.1. The predicted molar refractivity (Wildman–Crippen MR) is 66.3 cm³/mol. The largest absolute Gasteiger partial charge is 0.390 e.